The molecule has 44 heavy (non-hydrogen) atoms. The Labute approximate surface area is 253 Å². The van der Waals surface area contributed by atoms with Crippen LogP contribution in [-0.4, -0.2) is 9.13 Å². The number of benzene rings is 7. The van der Waals surface area contributed by atoms with Gasteiger partial charge in [0.15, 0.2) is 0 Å². The van der Waals surface area contributed by atoms with Crippen molar-refractivity contribution < 1.29 is 0 Å². The molecule has 0 fully saturated rings. The van der Waals surface area contributed by atoms with Crippen LogP contribution in [0.2, 0.25) is 0 Å². The van der Waals surface area contributed by atoms with E-state index in [4.69, 9.17) is 0 Å². The number of hydrogen-bond donors (Lipinski definition) is 0. The fourth-order valence-corrected chi connectivity index (χ4v) is 8.32. The van der Waals surface area contributed by atoms with Crippen LogP contribution in [0.4, 0.5) is 0 Å². The van der Waals surface area contributed by atoms with Crippen molar-refractivity contribution in [2.24, 2.45) is 0 Å². The van der Waals surface area contributed by atoms with Crippen LogP contribution in [0, 0.1) is 0 Å². The van der Waals surface area contributed by atoms with Crippen LogP contribution >= 0.6 is 0 Å². The highest BCUT2D eigenvalue weighted by atomic mass is 15.0. The third-order valence-corrected chi connectivity index (χ3v) is 9.97. The van der Waals surface area contributed by atoms with Crippen molar-refractivity contribution >= 4 is 43.4 Å². The van der Waals surface area contributed by atoms with E-state index in [1.165, 1.54) is 99.5 Å². The van der Waals surface area contributed by atoms with Gasteiger partial charge in [-0.25, -0.2) is 0 Å². The van der Waals surface area contributed by atoms with Crippen LogP contribution in [0.15, 0.2) is 146 Å². The van der Waals surface area contributed by atoms with E-state index < -0.39 is 0 Å². The van der Waals surface area contributed by atoms with Crippen molar-refractivity contribution in [2.45, 2.75) is 0 Å². The topological polar surface area (TPSA) is 9.86 Å². The first-order valence-electron chi connectivity index (χ1n) is 15.3. The summed E-state index contributed by atoms with van der Waals surface area (Å²) in [5.41, 5.74) is 15.4. The molecule has 0 saturated carbocycles. The van der Waals surface area contributed by atoms with Gasteiger partial charge in [0, 0.05) is 44.4 Å². The summed E-state index contributed by atoms with van der Waals surface area (Å²) in [5, 5.41) is 7.92. The largest absolute Gasteiger partial charge is 0.309 e. The molecule has 2 heterocycles. The first kappa shape index (κ1) is 22.7. The summed E-state index contributed by atoms with van der Waals surface area (Å²) >= 11 is 0. The number of rotatable bonds is 2. The zero-order valence-corrected chi connectivity index (χ0v) is 23.8. The highest BCUT2D eigenvalue weighted by Crippen LogP contribution is 2.54. The second-order valence-corrected chi connectivity index (χ2v) is 12.1. The van der Waals surface area contributed by atoms with Gasteiger partial charge in [-0.3, -0.25) is 0 Å². The zero-order valence-electron chi connectivity index (χ0n) is 23.8. The average molecular weight is 557 g/mol. The number of nitrogens with zero attached hydrogens (tertiary/aromatic N) is 2. The van der Waals surface area contributed by atoms with Gasteiger partial charge >= 0.3 is 0 Å². The minimum atomic E-state index is 1.18. The molecule has 0 unspecified atom stereocenters. The second kappa shape index (κ2) is 7.94. The third kappa shape index (κ3) is 2.63. The monoisotopic (exact) mass is 556 g/mol. The van der Waals surface area contributed by atoms with Gasteiger partial charge in [-0.15, -0.1) is 0 Å². The Hall–Kier alpha value is -5.86. The van der Waals surface area contributed by atoms with Crippen LogP contribution in [0.3, 0.4) is 0 Å². The zero-order chi connectivity index (χ0) is 28.5. The van der Waals surface area contributed by atoms with Crippen molar-refractivity contribution in [1.29, 1.82) is 0 Å². The summed E-state index contributed by atoms with van der Waals surface area (Å²) in [6, 6.07) is 53.7. The Morgan fingerprint density at radius 1 is 0.318 bits per heavy atom. The van der Waals surface area contributed by atoms with Crippen molar-refractivity contribution in [3.05, 3.63) is 146 Å². The van der Waals surface area contributed by atoms with Crippen LogP contribution in [0.25, 0.3) is 99.5 Å². The van der Waals surface area contributed by atoms with E-state index in [1.54, 1.807) is 0 Å². The standard InChI is InChI=1S/C42H24N2/c1-3-19-35-29(13-1)39-31-15-5-9-25-11-7-17-33(37(25)31)41(39)43(35)27-21-23-28(24-22-27)44-36-20-4-2-14-30(36)40-32-16-6-10-26-12-8-18-34(38(26)32)42(40)44/h1-24H. The molecule has 2 aliphatic rings. The van der Waals surface area contributed by atoms with Gasteiger partial charge in [0.1, 0.15) is 0 Å². The molecule has 0 atom stereocenters. The lowest BCUT2D eigenvalue weighted by atomic mass is 10.0. The predicted octanol–water partition coefficient (Wildman–Crippen LogP) is 11.2. The van der Waals surface area contributed by atoms with Gasteiger partial charge in [0.05, 0.1) is 22.4 Å². The summed E-state index contributed by atoms with van der Waals surface area (Å²) in [6.07, 6.45) is 0. The number of fused-ring (bicyclic) bond motifs is 10. The summed E-state index contributed by atoms with van der Waals surface area (Å²) < 4.78 is 4.94. The first-order chi connectivity index (χ1) is 21.9. The molecule has 0 bridgehead atoms. The quantitative estimate of drug-likeness (QED) is 0.200. The van der Waals surface area contributed by atoms with E-state index >= 15 is 0 Å². The highest BCUT2D eigenvalue weighted by molar-refractivity contribution is 6.23. The van der Waals surface area contributed by atoms with E-state index in [0.717, 1.165) is 0 Å². The van der Waals surface area contributed by atoms with E-state index in [-0.39, 0.29) is 0 Å². The number of hydrogen-bond acceptors (Lipinski definition) is 0. The molecule has 0 saturated heterocycles. The highest BCUT2D eigenvalue weighted by Gasteiger charge is 2.31. The molecule has 0 aliphatic heterocycles. The van der Waals surface area contributed by atoms with E-state index in [1.807, 2.05) is 0 Å². The van der Waals surface area contributed by atoms with E-state index in [9.17, 15) is 0 Å². The van der Waals surface area contributed by atoms with Crippen LogP contribution < -0.4 is 0 Å². The molecule has 2 nitrogen and oxygen atoms in total. The van der Waals surface area contributed by atoms with E-state index in [0.29, 0.717) is 0 Å². The van der Waals surface area contributed by atoms with Gasteiger partial charge in [0.25, 0.3) is 0 Å². The van der Waals surface area contributed by atoms with Crippen molar-refractivity contribution in [3.8, 4) is 56.1 Å². The minimum absolute atomic E-state index is 1.18. The maximum Gasteiger partial charge on any atom is 0.0626 e. The summed E-state index contributed by atoms with van der Waals surface area (Å²) in [5.74, 6) is 0. The molecular formula is C42H24N2. The molecule has 2 heteroatoms. The molecule has 202 valence electrons. The van der Waals surface area contributed by atoms with Gasteiger partial charge in [-0.1, -0.05) is 109 Å². The summed E-state index contributed by atoms with van der Waals surface area (Å²) in [4.78, 5) is 0. The van der Waals surface area contributed by atoms with Gasteiger partial charge in [-0.2, -0.15) is 0 Å². The van der Waals surface area contributed by atoms with Crippen LogP contribution in [0.1, 0.15) is 0 Å². The molecule has 0 radical (unpaired) electrons. The Kier molecular flexibility index (Phi) is 4.10. The Bertz CT molecular complexity index is 2500. The third-order valence-electron chi connectivity index (χ3n) is 9.97. The van der Waals surface area contributed by atoms with E-state index in [2.05, 4.69) is 155 Å². The molecule has 0 spiro atoms. The maximum atomic E-state index is 2.47. The Balaban J connectivity index is 1.16. The molecule has 0 amide bonds. The molecule has 0 N–H and O–H groups in total. The molecular weight excluding hydrogens is 532 g/mol. The van der Waals surface area contributed by atoms with Gasteiger partial charge < -0.3 is 9.13 Å². The lowest BCUT2D eigenvalue weighted by Gasteiger charge is -2.15. The number of aromatic nitrogens is 2. The SMILES string of the molecule is c1cc2c3c(cccc3c1)-c1c-2c2ccccc2n1-c1ccc(-n2c3c(c4ccccc42)-c2cccc4cccc-3c24)cc1. The average Bonchev–Trinajstić information content (AvgIpc) is 3.80. The maximum absolute atomic E-state index is 2.47. The normalized spacial score (nSPS) is 12.5. The van der Waals surface area contributed by atoms with Crippen molar-refractivity contribution in [1.82, 2.24) is 9.13 Å². The lowest BCUT2D eigenvalue weighted by Crippen LogP contribution is -1.99. The Morgan fingerprint density at radius 2 is 0.705 bits per heavy atom. The number of para-hydroxylation sites is 2. The Morgan fingerprint density at radius 3 is 1.14 bits per heavy atom. The summed E-state index contributed by atoms with van der Waals surface area (Å²) in [7, 11) is 0. The smallest absolute Gasteiger partial charge is 0.0626 e. The van der Waals surface area contributed by atoms with Crippen LogP contribution in [-0.2, 0) is 0 Å². The summed E-state index contributed by atoms with van der Waals surface area (Å²) in [6.45, 7) is 0. The lowest BCUT2D eigenvalue weighted by molar-refractivity contribution is 1.11. The molecule has 11 rings (SSSR count). The fourth-order valence-electron chi connectivity index (χ4n) is 8.32. The van der Waals surface area contributed by atoms with Crippen molar-refractivity contribution in [3.63, 3.8) is 0 Å². The fraction of sp³-hybridized carbons (Fsp3) is 0. The minimum Gasteiger partial charge on any atom is -0.309 e. The molecule has 2 aromatic heterocycles. The second-order valence-electron chi connectivity index (χ2n) is 12.1. The molecule has 7 aromatic carbocycles. The first-order valence-corrected chi connectivity index (χ1v) is 15.3. The van der Waals surface area contributed by atoms with Gasteiger partial charge in [0.2, 0.25) is 0 Å². The van der Waals surface area contributed by atoms with Crippen molar-refractivity contribution in [2.75, 3.05) is 0 Å². The molecule has 9 aromatic rings. The van der Waals surface area contributed by atoms with Crippen LogP contribution in [0.5, 0.6) is 0 Å². The van der Waals surface area contributed by atoms with Gasteiger partial charge in [-0.05, 0) is 69.1 Å². The molecule has 2 aliphatic carbocycles. The predicted molar refractivity (Wildman–Crippen MR) is 184 cm³/mol.